The third kappa shape index (κ3) is 24.3. The number of hydrogen-bond acceptors (Lipinski definition) is 4. The zero-order valence-electron chi connectivity index (χ0n) is 21.3. The van der Waals surface area contributed by atoms with Crippen LogP contribution in [0.15, 0.2) is 0 Å². The van der Waals surface area contributed by atoms with Gasteiger partial charge >= 0.3 is 0 Å². The largest absolute Gasteiger partial charge is 0.396 e. The summed E-state index contributed by atoms with van der Waals surface area (Å²) in [7, 11) is 0. The van der Waals surface area contributed by atoms with Crippen LogP contribution in [0.25, 0.3) is 0 Å². The molecule has 31 heavy (non-hydrogen) atoms. The first-order chi connectivity index (χ1) is 15.2. The second-order valence-corrected chi connectivity index (χ2v) is 9.50. The van der Waals surface area contributed by atoms with Crippen molar-refractivity contribution in [2.75, 3.05) is 26.4 Å². The molecule has 0 fully saturated rings. The van der Waals surface area contributed by atoms with E-state index in [-0.39, 0.29) is 0 Å². The molecular formula is C27H58O4. The fourth-order valence-corrected chi connectivity index (χ4v) is 3.63. The molecular weight excluding hydrogens is 388 g/mol. The van der Waals surface area contributed by atoms with Gasteiger partial charge in [0.05, 0.1) is 31.8 Å². The molecule has 0 radical (unpaired) electrons. The summed E-state index contributed by atoms with van der Waals surface area (Å²) >= 11 is 0. The van der Waals surface area contributed by atoms with Crippen molar-refractivity contribution < 1.29 is 20.4 Å². The van der Waals surface area contributed by atoms with Gasteiger partial charge in [0.1, 0.15) is 0 Å². The van der Waals surface area contributed by atoms with E-state index in [1.165, 1.54) is 128 Å². The van der Waals surface area contributed by atoms with Crippen molar-refractivity contribution in [1.82, 2.24) is 0 Å². The summed E-state index contributed by atoms with van der Waals surface area (Å²) in [6.07, 6.45) is 29.4. The van der Waals surface area contributed by atoms with E-state index in [0.717, 1.165) is 0 Å². The highest BCUT2D eigenvalue weighted by Crippen LogP contribution is 2.15. The van der Waals surface area contributed by atoms with Gasteiger partial charge in [-0.1, -0.05) is 142 Å². The standard InChI is InChI=1S/C22H46.C5H12O4/c1-3-5-7-9-11-13-15-17-19-21-22-20-18-16-14-12-10-8-6-4-2;6-1-5(2-7,3-8)4-9/h3-22H2,1-2H3;6-9H,1-4H2. The van der Waals surface area contributed by atoms with Crippen LogP contribution >= 0.6 is 0 Å². The Kier molecular flexibility index (Phi) is 29.7. The molecule has 4 nitrogen and oxygen atoms in total. The molecule has 0 rings (SSSR count). The Bertz CT molecular complexity index is 268. The van der Waals surface area contributed by atoms with Gasteiger partial charge in [-0.3, -0.25) is 0 Å². The number of aliphatic hydroxyl groups is 4. The number of unbranched alkanes of at least 4 members (excludes halogenated alkanes) is 19. The number of aliphatic hydroxyl groups excluding tert-OH is 4. The van der Waals surface area contributed by atoms with E-state index in [1.54, 1.807) is 0 Å². The summed E-state index contributed by atoms with van der Waals surface area (Å²) in [5.74, 6) is 0. The monoisotopic (exact) mass is 446 g/mol. The van der Waals surface area contributed by atoms with Crippen LogP contribution in [-0.2, 0) is 0 Å². The molecule has 4 heteroatoms. The van der Waals surface area contributed by atoms with Crippen molar-refractivity contribution in [2.24, 2.45) is 5.41 Å². The molecule has 0 aromatic rings. The van der Waals surface area contributed by atoms with E-state index in [2.05, 4.69) is 13.8 Å². The summed E-state index contributed by atoms with van der Waals surface area (Å²) in [6.45, 7) is 2.97. The molecule has 0 aromatic heterocycles. The fourth-order valence-electron chi connectivity index (χ4n) is 3.63. The lowest BCUT2D eigenvalue weighted by molar-refractivity contribution is -0.0328. The van der Waals surface area contributed by atoms with Gasteiger partial charge in [-0.25, -0.2) is 0 Å². The van der Waals surface area contributed by atoms with Crippen molar-refractivity contribution in [3.63, 3.8) is 0 Å². The maximum Gasteiger partial charge on any atom is 0.0627 e. The Morgan fingerprint density at radius 1 is 0.323 bits per heavy atom. The molecule has 0 aliphatic carbocycles. The summed E-state index contributed by atoms with van der Waals surface area (Å²) < 4.78 is 0. The molecule has 0 atom stereocenters. The molecule has 0 bridgehead atoms. The SMILES string of the molecule is CCCCCCCCCCCCCCCCCCCCCC.OCC(CO)(CO)CO. The summed E-state index contributed by atoms with van der Waals surface area (Å²) in [5.41, 5.74) is -1.11. The predicted octanol–water partition coefficient (Wildman–Crippen LogP) is 6.77. The first-order valence-electron chi connectivity index (χ1n) is 13.6. The van der Waals surface area contributed by atoms with E-state index in [0.29, 0.717) is 0 Å². The van der Waals surface area contributed by atoms with E-state index in [4.69, 9.17) is 20.4 Å². The molecule has 0 amide bonds. The molecule has 0 unspecified atom stereocenters. The maximum absolute atomic E-state index is 8.50. The quantitative estimate of drug-likeness (QED) is 0.131. The Morgan fingerprint density at radius 3 is 0.581 bits per heavy atom. The first-order valence-corrected chi connectivity index (χ1v) is 13.6. The topological polar surface area (TPSA) is 80.9 Å². The Morgan fingerprint density at radius 2 is 0.484 bits per heavy atom. The average molecular weight is 447 g/mol. The zero-order valence-corrected chi connectivity index (χ0v) is 21.3. The molecule has 0 saturated carbocycles. The molecule has 0 heterocycles. The minimum Gasteiger partial charge on any atom is -0.396 e. The lowest BCUT2D eigenvalue weighted by Gasteiger charge is -2.23. The van der Waals surface area contributed by atoms with E-state index >= 15 is 0 Å². The van der Waals surface area contributed by atoms with Crippen molar-refractivity contribution in [1.29, 1.82) is 0 Å². The third-order valence-electron chi connectivity index (χ3n) is 6.30. The minimum absolute atomic E-state index is 0.406. The van der Waals surface area contributed by atoms with Crippen molar-refractivity contribution >= 4 is 0 Å². The number of hydrogen-bond donors (Lipinski definition) is 4. The van der Waals surface area contributed by atoms with E-state index in [1.807, 2.05) is 0 Å². The van der Waals surface area contributed by atoms with Crippen LogP contribution < -0.4 is 0 Å². The van der Waals surface area contributed by atoms with Crippen molar-refractivity contribution in [3.8, 4) is 0 Å². The van der Waals surface area contributed by atoms with Gasteiger partial charge in [0.2, 0.25) is 0 Å². The van der Waals surface area contributed by atoms with Crippen LogP contribution in [0.1, 0.15) is 142 Å². The van der Waals surface area contributed by atoms with Crippen LogP contribution in [-0.4, -0.2) is 46.9 Å². The van der Waals surface area contributed by atoms with Crippen LogP contribution in [0, 0.1) is 5.41 Å². The molecule has 190 valence electrons. The molecule has 0 saturated heterocycles. The highest BCUT2D eigenvalue weighted by Gasteiger charge is 2.26. The van der Waals surface area contributed by atoms with Gasteiger partial charge in [-0.15, -0.1) is 0 Å². The molecule has 0 aliphatic rings. The highest BCUT2D eigenvalue weighted by molar-refractivity contribution is 4.74. The average Bonchev–Trinajstić information content (AvgIpc) is 2.81. The van der Waals surface area contributed by atoms with Gasteiger partial charge in [0, 0.05) is 0 Å². The summed E-state index contributed by atoms with van der Waals surface area (Å²) in [6, 6.07) is 0. The lowest BCUT2D eigenvalue weighted by atomic mass is 9.93. The molecule has 0 aromatic carbocycles. The summed E-state index contributed by atoms with van der Waals surface area (Å²) in [4.78, 5) is 0. The summed E-state index contributed by atoms with van der Waals surface area (Å²) in [5, 5.41) is 34.0. The van der Waals surface area contributed by atoms with Gasteiger partial charge in [-0.05, 0) is 0 Å². The third-order valence-corrected chi connectivity index (χ3v) is 6.30. The lowest BCUT2D eigenvalue weighted by Crippen LogP contribution is -2.37. The Balaban J connectivity index is 0. The minimum atomic E-state index is -1.11. The first kappa shape index (κ1) is 33.0. The van der Waals surface area contributed by atoms with Crippen molar-refractivity contribution in [3.05, 3.63) is 0 Å². The molecule has 4 N–H and O–H groups in total. The van der Waals surface area contributed by atoms with Gasteiger partial charge < -0.3 is 20.4 Å². The van der Waals surface area contributed by atoms with E-state index in [9.17, 15) is 0 Å². The van der Waals surface area contributed by atoms with E-state index < -0.39 is 31.8 Å². The Hall–Kier alpha value is -0.160. The normalized spacial score (nSPS) is 11.4. The van der Waals surface area contributed by atoms with Crippen LogP contribution in [0.2, 0.25) is 0 Å². The maximum atomic E-state index is 8.50. The Labute approximate surface area is 194 Å². The zero-order chi connectivity index (χ0) is 23.5. The molecule has 0 aliphatic heterocycles. The van der Waals surface area contributed by atoms with Crippen LogP contribution in [0.3, 0.4) is 0 Å². The van der Waals surface area contributed by atoms with Crippen LogP contribution in [0.5, 0.6) is 0 Å². The van der Waals surface area contributed by atoms with Gasteiger partial charge in [0.25, 0.3) is 0 Å². The fraction of sp³-hybridized carbons (Fsp3) is 1.00. The van der Waals surface area contributed by atoms with Gasteiger partial charge in [0.15, 0.2) is 0 Å². The predicted molar refractivity (Wildman–Crippen MR) is 134 cm³/mol. The number of rotatable bonds is 23. The second kappa shape index (κ2) is 27.9. The smallest absolute Gasteiger partial charge is 0.0627 e. The van der Waals surface area contributed by atoms with Crippen molar-refractivity contribution in [2.45, 2.75) is 142 Å². The molecule has 0 spiro atoms. The highest BCUT2D eigenvalue weighted by atomic mass is 16.3. The second-order valence-electron chi connectivity index (χ2n) is 9.50. The van der Waals surface area contributed by atoms with Crippen LogP contribution in [0.4, 0.5) is 0 Å². The van der Waals surface area contributed by atoms with Gasteiger partial charge in [-0.2, -0.15) is 0 Å².